The number of ether oxygens (including phenoxy) is 1. The topological polar surface area (TPSA) is 91.8 Å². The van der Waals surface area contributed by atoms with Crippen molar-refractivity contribution in [2.45, 2.75) is 45.4 Å². The van der Waals surface area contributed by atoms with Gasteiger partial charge in [-0.1, -0.05) is 0 Å². The molecule has 3 aromatic rings. The zero-order valence-electron chi connectivity index (χ0n) is 25.1. The second-order valence-corrected chi connectivity index (χ2v) is 14.1. The molecular weight excluding hydrogens is 560 g/mol. The standard InChI is InChI=1S/C33H40N6O3S/c1-3-42-27-13-25(18-34-19-27)26-14-29(43-20-26)32(41)39-8-6-38(7-9-39)30-5-4-28(35-36-30)31(40)37(2)21-33-15-22-10-23(16-33)12-24(11-22)17-33/h4-5,13-14,18-20,22-24H,3,6-12,15-17,21H2,1-2H3. The fourth-order valence-electron chi connectivity index (χ4n) is 8.58. The van der Waals surface area contributed by atoms with Gasteiger partial charge in [-0.2, -0.15) is 0 Å². The van der Waals surface area contributed by atoms with E-state index in [0.717, 1.165) is 47.0 Å². The molecule has 8 rings (SSSR count). The van der Waals surface area contributed by atoms with E-state index >= 15 is 0 Å². The first-order chi connectivity index (χ1) is 20.9. The largest absolute Gasteiger partial charge is 0.492 e. The molecule has 5 aliphatic rings. The predicted octanol–water partition coefficient (Wildman–Crippen LogP) is 5.25. The molecule has 4 aliphatic carbocycles. The van der Waals surface area contributed by atoms with Crippen molar-refractivity contribution in [1.29, 1.82) is 0 Å². The molecule has 0 spiro atoms. The fraction of sp³-hybridized carbons (Fsp3) is 0.545. The van der Waals surface area contributed by atoms with Crippen molar-refractivity contribution < 1.29 is 14.3 Å². The van der Waals surface area contributed by atoms with E-state index in [1.807, 2.05) is 47.4 Å². The number of carbonyl (C=O) groups excluding carboxylic acids is 2. The summed E-state index contributed by atoms with van der Waals surface area (Å²) in [5.41, 5.74) is 2.61. The summed E-state index contributed by atoms with van der Waals surface area (Å²) in [4.78, 5) is 37.5. The Balaban J connectivity index is 0.930. The monoisotopic (exact) mass is 600 g/mol. The minimum Gasteiger partial charge on any atom is -0.492 e. The molecule has 4 heterocycles. The van der Waals surface area contributed by atoms with Gasteiger partial charge in [-0.05, 0) is 104 Å². The van der Waals surface area contributed by atoms with Gasteiger partial charge in [0, 0.05) is 51.5 Å². The highest BCUT2D eigenvalue weighted by atomic mass is 32.1. The summed E-state index contributed by atoms with van der Waals surface area (Å²) in [6.45, 7) is 5.89. The third kappa shape index (κ3) is 5.73. The minimum atomic E-state index is -0.0408. The van der Waals surface area contributed by atoms with Crippen LogP contribution in [-0.4, -0.2) is 83.2 Å². The molecule has 4 saturated carbocycles. The first-order valence-corrected chi connectivity index (χ1v) is 16.6. The molecule has 1 aliphatic heterocycles. The van der Waals surface area contributed by atoms with Gasteiger partial charge in [0.05, 0.1) is 17.7 Å². The average molecular weight is 601 g/mol. The Morgan fingerprint density at radius 1 is 0.977 bits per heavy atom. The van der Waals surface area contributed by atoms with Crippen LogP contribution in [0.2, 0.25) is 0 Å². The molecule has 0 aromatic carbocycles. The minimum absolute atomic E-state index is 0.0407. The number of nitrogens with zero attached hydrogens (tertiary/aromatic N) is 6. The number of hydrogen-bond donors (Lipinski definition) is 0. The number of aromatic nitrogens is 3. The van der Waals surface area contributed by atoms with Crippen LogP contribution in [0.1, 0.15) is 65.6 Å². The first kappa shape index (κ1) is 28.3. The quantitative estimate of drug-likeness (QED) is 0.349. The van der Waals surface area contributed by atoms with Gasteiger partial charge < -0.3 is 19.4 Å². The second-order valence-electron chi connectivity index (χ2n) is 13.2. The van der Waals surface area contributed by atoms with Gasteiger partial charge in [0.15, 0.2) is 11.5 Å². The van der Waals surface area contributed by atoms with Gasteiger partial charge in [-0.25, -0.2) is 0 Å². The van der Waals surface area contributed by atoms with Crippen LogP contribution in [0.15, 0.2) is 42.0 Å². The van der Waals surface area contributed by atoms with Crippen LogP contribution < -0.4 is 9.64 Å². The molecule has 3 aromatic heterocycles. The van der Waals surface area contributed by atoms with Crippen LogP contribution in [-0.2, 0) is 0 Å². The van der Waals surface area contributed by atoms with Gasteiger partial charge >= 0.3 is 0 Å². The molecule has 0 unspecified atom stereocenters. The van der Waals surface area contributed by atoms with Crippen molar-refractivity contribution in [3.63, 3.8) is 0 Å². The molecule has 0 atom stereocenters. The number of piperazine rings is 1. The third-order valence-corrected chi connectivity index (χ3v) is 10.9. The molecule has 5 fully saturated rings. The zero-order chi connectivity index (χ0) is 29.6. The lowest BCUT2D eigenvalue weighted by Crippen LogP contribution is -2.51. The van der Waals surface area contributed by atoms with E-state index in [9.17, 15) is 9.59 Å². The zero-order valence-corrected chi connectivity index (χ0v) is 25.9. The van der Waals surface area contributed by atoms with Gasteiger partial charge in [0.2, 0.25) is 0 Å². The number of thiophene rings is 1. The number of carbonyl (C=O) groups is 2. The Labute approximate surface area is 257 Å². The Morgan fingerprint density at radius 3 is 2.35 bits per heavy atom. The van der Waals surface area contributed by atoms with E-state index in [1.165, 1.54) is 49.9 Å². The van der Waals surface area contributed by atoms with E-state index in [4.69, 9.17) is 4.74 Å². The van der Waals surface area contributed by atoms with E-state index in [1.54, 1.807) is 18.5 Å². The van der Waals surface area contributed by atoms with Crippen molar-refractivity contribution >= 4 is 29.0 Å². The summed E-state index contributed by atoms with van der Waals surface area (Å²) in [6.07, 6.45) is 11.5. The predicted molar refractivity (Wildman–Crippen MR) is 166 cm³/mol. The summed E-state index contributed by atoms with van der Waals surface area (Å²) in [5, 5.41) is 10.8. The maximum absolute atomic E-state index is 13.3. The smallest absolute Gasteiger partial charge is 0.274 e. The summed E-state index contributed by atoms with van der Waals surface area (Å²) in [5.74, 6) is 4.07. The highest BCUT2D eigenvalue weighted by Crippen LogP contribution is 2.60. The van der Waals surface area contributed by atoms with Crippen LogP contribution in [0.3, 0.4) is 0 Å². The molecule has 0 N–H and O–H groups in total. The highest BCUT2D eigenvalue weighted by Gasteiger charge is 2.51. The molecular formula is C33H40N6O3S. The van der Waals surface area contributed by atoms with Gasteiger partial charge in [-0.3, -0.25) is 14.6 Å². The lowest BCUT2D eigenvalue weighted by Gasteiger charge is -2.57. The Kier molecular flexibility index (Phi) is 7.57. The van der Waals surface area contributed by atoms with Crippen LogP contribution in [0.5, 0.6) is 5.75 Å². The van der Waals surface area contributed by atoms with E-state index in [0.29, 0.717) is 48.8 Å². The summed E-state index contributed by atoms with van der Waals surface area (Å²) >= 11 is 1.45. The summed E-state index contributed by atoms with van der Waals surface area (Å²) < 4.78 is 5.57. The van der Waals surface area contributed by atoms with Gasteiger partial charge in [0.25, 0.3) is 11.8 Å². The number of pyridine rings is 1. The summed E-state index contributed by atoms with van der Waals surface area (Å²) in [6, 6.07) is 7.59. The Hall–Kier alpha value is -3.53. The Bertz CT molecular complexity index is 1450. The third-order valence-electron chi connectivity index (χ3n) is 10.0. The lowest BCUT2D eigenvalue weighted by molar-refractivity contribution is -0.0629. The van der Waals surface area contributed by atoms with Crippen molar-refractivity contribution in [3.05, 3.63) is 52.6 Å². The first-order valence-electron chi connectivity index (χ1n) is 15.7. The van der Waals surface area contributed by atoms with E-state index in [-0.39, 0.29) is 11.8 Å². The van der Waals surface area contributed by atoms with Crippen LogP contribution >= 0.6 is 11.3 Å². The molecule has 1 saturated heterocycles. The van der Waals surface area contributed by atoms with E-state index < -0.39 is 0 Å². The van der Waals surface area contributed by atoms with Gasteiger partial charge in [-0.15, -0.1) is 21.5 Å². The fourth-order valence-corrected chi connectivity index (χ4v) is 9.46. The van der Waals surface area contributed by atoms with Crippen LogP contribution in [0.25, 0.3) is 11.1 Å². The van der Waals surface area contributed by atoms with Crippen molar-refractivity contribution in [1.82, 2.24) is 25.0 Å². The molecule has 2 amide bonds. The van der Waals surface area contributed by atoms with Crippen molar-refractivity contribution in [2.75, 3.05) is 51.3 Å². The number of rotatable bonds is 8. The normalized spacial score (nSPS) is 26.0. The molecule has 10 heteroatoms. The van der Waals surface area contributed by atoms with Crippen LogP contribution in [0, 0.1) is 23.2 Å². The average Bonchev–Trinajstić information content (AvgIpc) is 3.51. The number of hydrogen-bond acceptors (Lipinski definition) is 8. The molecule has 9 nitrogen and oxygen atoms in total. The highest BCUT2D eigenvalue weighted by molar-refractivity contribution is 7.12. The maximum Gasteiger partial charge on any atom is 0.274 e. The molecule has 43 heavy (non-hydrogen) atoms. The molecule has 4 bridgehead atoms. The second kappa shape index (κ2) is 11.5. The van der Waals surface area contributed by atoms with Gasteiger partial charge in [0.1, 0.15) is 5.75 Å². The Morgan fingerprint density at radius 2 is 1.70 bits per heavy atom. The number of amides is 2. The van der Waals surface area contributed by atoms with Crippen molar-refractivity contribution in [2.24, 2.45) is 23.2 Å². The molecule has 0 radical (unpaired) electrons. The number of anilines is 1. The summed E-state index contributed by atoms with van der Waals surface area (Å²) in [7, 11) is 1.93. The van der Waals surface area contributed by atoms with Crippen molar-refractivity contribution in [3.8, 4) is 16.9 Å². The SMILES string of the molecule is CCOc1cncc(-c2csc(C(=O)N3CCN(c4ccc(C(=O)N(C)CC56CC7CC(CC(C7)C5)C6)nn4)CC3)c2)c1. The lowest BCUT2D eigenvalue weighted by atomic mass is 9.49. The van der Waals surface area contributed by atoms with E-state index in [2.05, 4.69) is 20.1 Å². The van der Waals surface area contributed by atoms with Crippen LogP contribution in [0.4, 0.5) is 5.82 Å². The maximum atomic E-state index is 13.3. The molecule has 226 valence electrons.